The van der Waals surface area contributed by atoms with Crippen molar-refractivity contribution in [1.82, 2.24) is 20.0 Å². The molecule has 1 atom stereocenters. The average Bonchev–Trinajstić information content (AvgIpc) is 3.29. The molecular formula is C20H22N4O2. The van der Waals surface area contributed by atoms with Crippen LogP contribution in [-0.2, 0) is 17.8 Å². The van der Waals surface area contributed by atoms with E-state index in [2.05, 4.69) is 33.3 Å². The highest BCUT2D eigenvalue weighted by atomic mass is 16.5. The van der Waals surface area contributed by atoms with E-state index in [0.29, 0.717) is 18.4 Å². The van der Waals surface area contributed by atoms with Gasteiger partial charge in [-0.1, -0.05) is 23.4 Å². The molecule has 0 saturated heterocycles. The third-order valence-electron chi connectivity index (χ3n) is 5.59. The molecule has 0 spiro atoms. The van der Waals surface area contributed by atoms with E-state index in [-0.39, 0.29) is 11.8 Å². The number of carbonyl (C=O) groups is 1. The molecule has 26 heavy (non-hydrogen) atoms. The number of hydrogen-bond donors (Lipinski definition) is 1. The van der Waals surface area contributed by atoms with Crippen molar-refractivity contribution >= 4 is 16.8 Å². The summed E-state index contributed by atoms with van der Waals surface area (Å²) in [4.78, 5) is 22.8. The molecule has 1 aromatic carbocycles. The second-order valence-corrected chi connectivity index (χ2v) is 7.52. The Morgan fingerprint density at radius 1 is 1.31 bits per heavy atom. The molecule has 1 saturated carbocycles. The zero-order valence-corrected chi connectivity index (χ0v) is 14.9. The Hall–Kier alpha value is -2.63. The molecule has 2 aromatic heterocycles. The van der Waals surface area contributed by atoms with Crippen LogP contribution in [0, 0.1) is 0 Å². The van der Waals surface area contributed by atoms with Crippen LogP contribution in [0.1, 0.15) is 60.5 Å². The van der Waals surface area contributed by atoms with Crippen molar-refractivity contribution in [3.63, 3.8) is 0 Å². The van der Waals surface area contributed by atoms with Gasteiger partial charge in [0, 0.05) is 29.6 Å². The lowest BCUT2D eigenvalue weighted by Crippen LogP contribution is -2.33. The lowest BCUT2D eigenvalue weighted by atomic mass is 9.86. The van der Waals surface area contributed by atoms with E-state index >= 15 is 0 Å². The van der Waals surface area contributed by atoms with Crippen molar-refractivity contribution in [2.75, 3.05) is 7.05 Å². The molecule has 0 radical (unpaired) electrons. The molecule has 2 heterocycles. The molecule has 1 fully saturated rings. The monoisotopic (exact) mass is 350 g/mol. The number of aryl methyl sites for hydroxylation is 1. The van der Waals surface area contributed by atoms with Crippen LogP contribution in [-0.4, -0.2) is 33.0 Å². The van der Waals surface area contributed by atoms with Crippen LogP contribution in [0.15, 0.2) is 28.8 Å². The van der Waals surface area contributed by atoms with Crippen molar-refractivity contribution in [3.05, 3.63) is 47.2 Å². The predicted molar refractivity (Wildman–Crippen MR) is 96.7 cm³/mol. The summed E-state index contributed by atoms with van der Waals surface area (Å²) in [6.07, 6.45) is 5.21. The van der Waals surface area contributed by atoms with Gasteiger partial charge in [-0.05, 0) is 43.7 Å². The van der Waals surface area contributed by atoms with E-state index in [1.807, 2.05) is 13.1 Å². The van der Waals surface area contributed by atoms with Crippen molar-refractivity contribution in [2.24, 2.45) is 0 Å². The number of nitrogens with one attached hydrogen (secondary N) is 1. The number of fused-ring (bicyclic) bond motifs is 3. The van der Waals surface area contributed by atoms with Gasteiger partial charge < -0.3 is 14.4 Å². The minimum atomic E-state index is -0.123. The standard InChI is InChI=1S/C20H22N4O2/c1-24(11-17-22-19(23-26-17)12-9-10-12)20(25)15-7-4-6-14-13-5-2-3-8-16(13)21-18(14)15/h2-3,5,8,12,15,21H,4,6-7,9-11H2,1H3. The van der Waals surface area contributed by atoms with E-state index in [1.54, 1.807) is 4.90 Å². The maximum atomic E-state index is 13.1. The molecule has 2 aliphatic rings. The molecule has 134 valence electrons. The fraction of sp³-hybridized carbons (Fsp3) is 0.450. The van der Waals surface area contributed by atoms with Gasteiger partial charge in [0.15, 0.2) is 5.82 Å². The lowest BCUT2D eigenvalue weighted by Gasteiger charge is -2.26. The number of hydrogen-bond acceptors (Lipinski definition) is 4. The normalized spacial score (nSPS) is 19.5. The van der Waals surface area contributed by atoms with Crippen LogP contribution in [0.2, 0.25) is 0 Å². The number of benzene rings is 1. The van der Waals surface area contributed by atoms with Crippen molar-refractivity contribution in [2.45, 2.75) is 50.5 Å². The molecule has 2 aliphatic carbocycles. The third kappa shape index (κ3) is 2.60. The quantitative estimate of drug-likeness (QED) is 0.781. The number of amides is 1. The van der Waals surface area contributed by atoms with E-state index in [1.165, 1.54) is 10.9 Å². The zero-order chi connectivity index (χ0) is 17.7. The summed E-state index contributed by atoms with van der Waals surface area (Å²) < 4.78 is 5.33. The van der Waals surface area contributed by atoms with Crippen molar-refractivity contribution < 1.29 is 9.32 Å². The fourth-order valence-corrected chi connectivity index (χ4v) is 4.05. The summed E-state index contributed by atoms with van der Waals surface area (Å²) in [6, 6.07) is 8.30. The number of H-pyrrole nitrogens is 1. The Morgan fingerprint density at radius 3 is 3.00 bits per heavy atom. The van der Waals surface area contributed by atoms with Crippen LogP contribution in [0.4, 0.5) is 0 Å². The minimum Gasteiger partial charge on any atom is -0.357 e. The van der Waals surface area contributed by atoms with Gasteiger partial charge >= 0.3 is 0 Å². The first-order valence-corrected chi connectivity index (χ1v) is 9.37. The fourth-order valence-electron chi connectivity index (χ4n) is 4.05. The summed E-state index contributed by atoms with van der Waals surface area (Å²) in [5, 5.41) is 5.28. The first-order valence-electron chi connectivity index (χ1n) is 9.37. The van der Waals surface area contributed by atoms with Crippen molar-refractivity contribution in [1.29, 1.82) is 0 Å². The van der Waals surface area contributed by atoms with E-state index in [4.69, 9.17) is 4.52 Å². The van der Waals surface area contributed by atoms with Gasteiger partial charge in [-0.2, -0.15) is 4.98 Å². The highest BCUT2D eigenvalue weighted by molar-refractivity contribution is 5.90. The highest BCUT2D eigenvalue weighted by Gasteiger charge is 2.33. The van der Waals surface area contributed by atoms with Gasteiger partial charge in [-0.3, -0.25) is 4.79 Å². The highest BCUT2D eigenvalue weighted by Crippen LogP contribution is 2.39. The van der Waals surface area contributed by atoms with Crippen LogP contribution in [0.5, 0.6) is 0 Å². The van der Waals surface area contributed by atoms with Gasteiger partial charge in [-0.15, -0.1) is 0 Å². The van der Waals surface area contributed by atoms with Gasteiger partial charge in [-0.25, -0.2) is 0 Å². The van der Waals surface area contributed by atoms with E-state index in [0.717, 1.165) is 49.1 Å². The second kappa shape index (κ2) is 5.97. The number of aromatic nitrogens is 3. The Kier molecular flexibility index (Phi) is 3.58. The first kappa shape index (κ1) is 15.6. The Bertz CT molecular complexity index is 969. The van der Waals surface area contributed by atoms with Crippen LogP contribution >= 0.6 is 0 Å². The number of rotatable bonds is 4. The van der Waals surface area contributed by atoms with Gasteiger partial charge in [0.25, 0.3) is 0 Å². The molecule has 1 amide bonds. The Labute approximate surface area is 151 Å². The average molecular weight is 350 g/mol. The lowest BCUT2D eigenvalue weighted by molar-refractivity contribution is -0.132. The zero-order valence-electron chi connectivity index (χ0n) is 14.9. The largest absolute Gasteiger partial charge is 0.357 e. The van der Waals surface area contributed by atoms with E-state index < -0.39 is 0 Å². The van der Waals surface area contributed by atoms with Gasteiger partial charge in [0.05, 0.1) is 12.5 Å². The molecule has 5 rings (SSSR count). The SMILES string of the molecule is CN(Cc1nc(C2CC2)no1)C(=O)C1CCCc2c1[nH]c1ccccc21. The molecule has 1 N–H and O–H groups in total. The number of nitrogens with zero attached hydrogens (tertiary/aromatic N) is 3. The maximum absolute atomic E-state index is 13.1. The number of aromatic amines is 1. The van der Waals surface area contributed by atoms with E-state index in [9.17, 15) is 4.79 Å². The summed E-state index contributed by atoms with van der Waals surface area (Å²) in [5.74, 6) is 1.76. The Balaban J connectivity index is 1.38. The van der Waals surface area contributed by atoms with Crippen LogP contribution in [0.3, 0.4) is 0 Å². The number of para-hydroxylation sites is 1. The summed E-state index contributed by atoms with van der Waals surface area (Å²) in [6.45, 7) is 0.366. The van der Waals surface area contributed by atoms with Crippen LogP contribution < -0.4 is 0 Å². The molecular weight excluding hydrogens is 328 g/mol. The van der Waals surface area contributed by atoms with Gasteiger partial charge in [0.2, 0.25) is 11.8 Å². The molecule has 6 heteroatoms. The topological polar surface area (TPSA) is 75.0 Å². The van der Waals surface area contributed by atoms with Gasteiger partial charge in [0.1, 0.15) is 0 Å². The predicted octanol–water partition coefficient (Wildman–Crippen LogP) is 3.51. The summed E-state index contributed by atoms with van der Waals surface area (Å²) >= 11 is 0. The molecule has 0 aliphatic heterocycles. The molecule has 0 bridgehead atoms. The summed E-state index contributed by atoms with van der Waals surface area (Å²) in [5.41, 5.74) is 3.50. The first-order chi connectivity index (χ1) is 12.7. The maximum Gasteiger partial charge on any atom is 0.246 e. The molecule has 6 nitrogen and oxygen atoms in total. The number of carbonyl (C=O) groups excluding carboxylic acids is 1. The Morgan fingerprint density at radius 2 is 2.15 bits per heavy atom. The molecule has 1 unspecified atom stereocenters. The summed E-state index contributed by atoms with van der Waals surface area (Å²) in [7, 11) is 1.82. The number of likely N-dealkylation sites (N-methyl/N-ethyl adjacent to an activating group) is 1. The van der Waals surface area contributed by atoms with Crippen LogP contribution in [0.25, 0.3) is 10.9 Å². The third-order valence-corrected chi connectivity index (χ3v) is 5.59. The second-order valence-electron chi connectivity index (χ2n) is 7.52. The minimum absolute atomic E-state index is 0.115. The smallest absolute Gasteiger partial charge is 0.246 e. The van der Waals surface area contributed by atoms with Crippen molar-refractivity contribution in [3.8, 4) is 0 Å². The molecule has 3 aromatic rings.